The molecule has 0 bridgehead atoms. The molecule has 0 aliphatic carbocycles. The number of hydrogen-bond acceptors (Lipinski definition) is 4. The molecule has 0 spiro atoms. The van der Waals surface area contributed by atoms with Crippen LogP contribution in [-0.4, -0.2) is 22.4 Å². The summed E-state index contributed by atoms with van der Waals surface area (Å²) in [4.78, 5) is 20.5. The number of nitrogens with zero attached hydrogens (tertiary/aromatic N) is 2. The molecule has 0 saturated carbocycles. The van der Waals surface area contributed by atoms with Crippen LogP contribution in [0.25, 0.3) is 0 Å². The summed E-state index contributed by atoms with van der Waals surface area (Å²) >= 11 is 0. The lowest BCUT2D eigenvalue weighted by Crippen LogP contribution is -2.24. The van der Waals surface area contributed by atoms with E-state index in [-0.39, 0.29) is 5.91 Å². The third-order valence-electron chi connectivity index (χ3n) is 3.25. The minimum atomic E-state index is -0.192. The van der Waals surface area contributed by atoms with Gasteiger partial charge in [-0.25, -0.2) is 9.97 Å². The Hall–Kier alpha value is -2.43. The van der Waals surface area contributed by atoms with Crippen LogP contribution in [0.3, 0.4) is 0 Å². The van der Waals surface area contributed by atoms with Gasteiger partial charge in [-0.2, -0.15) is 0 Å². The van der Waals surface area contributed by atoms with Gasteiger partial charge in [-0.15, -0.1) is 0 Å². The maximum atomic E-state index is 12.1. The lowest BCUT2D eigenvalue weighted by molar-refractivity contribution is 0.0946. The number of anilines is 1. The van der Waals surface area contributed by atoms with E-state index in [9.17, 15) is 4.79 Å². The molecule has 2 rings (SSSR count). The van der Waals surface area contributed by atoms with Crippen molar-refractivity contribution in [1.82, 2.24) is 15.3 Å². The summed E-state index contributed by atoms with van der Waals surface area (Å²) in [5.74, 6) is 0.311. The van der Waals surface area contributed by atoms with Gasteiger partial charge in [0.05, 0.1) is 0 Å². The first-order valence-electron chi connectivity index (χ1n) is 7.68. The maximum Gasteiger partial charge on any atom is 0.270 e. The highest BCUT2D eigenvalue weighted by molar-refractivity contribution is 5.92. The summed E-state index contributed by atoms with van der Waals surface area (Å²) in [6, 6.07) is 11.4. The van der Waals surface area contributed by atoms with E-state index < -0.39 is 0 Å². The summed E-state index contributed by atoms with van der Waals surface area (Å²) in [5, 5.41) is 6.01. The van der Waals surface area contributed by atoms with E-state index in [1.165, 1.54) is 12.8 Å². The first-order valence-corrected chi connectivity index (χ1v) is 7.68. The van der Waals surface area contributed by atoms with Crippen molar-refractivity contribution in [3.63, 3.8) is 0 Å². The third kappa shape index (κ3) is 5.16. The van der Waals surface area contributed by atoms with Crippen LogP contribution in [0.2, 0.25) is 0 Å². The van der Waals surface area contributed by atoms with E-state index in [2.05, 4.69) is 27.5 Å². The predicted octanol–water partition coefficient (Wildman–Crippen LogP) is 3.01. The van der Waals surface area contributed by atoms with Gasteiger partial charge in [0.15, 0.2) is 0 Å². The Balaban J connectivity index is 1.86. The molecule has 0 unspecified atom stereocenters. The van der Waals surface area contributed by atoms with Crippen LogP contribution in [0.4, 0.5) is 5.95 Å². The van der Waals surface area contributed by atoms with Gasteiger partial charge in [0.25, 0.3) is 5.91 Å². The highest BCUT2D eigenvalue weighted by Crippen LogP contribution is 2.03. The topological polar surface area (TPSA) is 66.9 Å². The third-order valence-corrected chi connectivity index (χ3v) is 3.25. The molecule has 1 aromatic heterocycles. The molecule has 2 N–H and O–H groups in total. The normalized spacial score (nSPS) is 10.2. The number of unbranched alkanes of at least 4 members (excludes halogenated alkanes) is 2. The highest BCUT2D eigenvalue weighted by Gasteiger charge is 2.08. The molecule has 0 atom stereocenters. The summed E-state index contributed by atoms with van der Waals surface area (Å²) in [5.41, 5.74) is 1.44. The lowest BCUT2D eigenvalue weighted by atomic mass is 10.2. The molecule has 0 fully saturated rings. The first kappa shape index (κ1) is 15.9. The second-order valence-electron chi connectivity index (χ2n) is 5.07. The van der Waals surface area contributed by atoms with Crippen LogP contribution in [-0.2, 0) is 6.54 Å². The summed E-state index contributed by atoms with van der Waals surface area (Å²) < 4.78 is 0. The van der Waals surface area contributed by atoms with Gasteiger partial charge < -0.3 is 10.6 Å². The Kier molecular flexibility index (Phi) is 6.36. The van der Waals surface area contributed by atoms with Gasteiger partial charge >= 0.3 is 0 Å². The van der Waals surface area contributed by atoms with E-state index >= 15 is 0 Å². The SMILES string of the molecule is CCCCCNc1nccc(C(=O)NCc2ccccc2)n1. The molecule has 0 saturated heterocycles. The van der Waals surface area contributed by atoms with Crippen LogP contribution in [0.1, 0.15) is 42.2 Å². The molecule has 0 aliphatic heterocycles. The van der Waals surface area contributed by atoms with Crippen molar-refractivity contribution in [2.75, 3.05) is 11.9 Å². The second-order valence-corrected chi connectivity index (χ2v) is 5.07. The standard InChI is InChI=1S/C17H22N4O/c1-2-3-7-11-18-17-19-12-10-15(21-17)16(22)20-13-14-8-5-4-6-9-14/h4-6,8-10,12H,2-3,7,11,13H2,1H3,(H,20,22)(H,18,19,21). The van der Waals surface area contributed by atoms with E-state index in [0.717, 1.165) is 18.5 Å². The van der Waals surface area contributed by atoms with Crippen LogP contribution in [0.15, 0.2) is 42.6 Å². The molecule has 0 aliphatic rings. The highest BCUT2D eigenvalue weighted by atomic mass is 16.1. The number of aromatic nitrogens is 2. The average molecular weight is 298 g/mol. The quantitative estimate of drug-likeness (QED) is 0.735. The number of rotatable bonds is 8. The molecule has 5 heteroatoms. The zero-order chi connectivity index (χ0) is 15.6. The van der Waals surface area contributed by atoms with Crippen molar-refractivity contribution in [1.29, 1.82) is 0 Å². The van der Waals surface area contributed by atoms with Crippen LogP contribution < -0.4 is 10.6 Å². The van der Waals surface area contributed by atoms with Crippen molar-refractivity contribution >= 4 is 11.9 Å². The molecule has 2 aromatic rings. The maximum absolute atomic E-state index is 12.1. The first-order chi connectivity index (χ1) is 10.8. The van der Waals surface area contributed by atoms with Crippen molar-refractivity contribution in [3.8, 4) is 0 Å². The minimum Gasteiger partial charge on any atom is -0.354 e. The zero-order valence-electron chi connectivity index (χ0n) is 12.9. The lowest BCUT2D eigenvalue weighted by Gasteiger charge is -2.07. The molecule has 0 radical (unpaired) electrons. The predicted molar refractivity (Wildman–Crippen MR) is 87.7 cm³/mol. The molecule has 1 amide bonds. The fourth-order valence-electron chi connectivity index (χ4n) is 2.01. The Morgan fingerprint density at radius 2 is 1.95 bits per heavy atom. The Morgan fingerprint density at radius 3 is 2.73 bits per heavy atom. The van der Waals surface area contributed by atoms with Gasteiger partial charge in [-0.1, -0.05) is 50.1 Å². The van der Waals surface area contributed by atoms with Crippen molar-refractivity contribution in [3.05, 3.63) is 53.9 Å². The Morgan fingerprint density at radius 1 is 1.14 bits per heavy atom. The van der Waals surface area contributed by atoms with Crippen molar-refractivity contribution < 1.29 is 4.79 Å². The summed E-state index contributed by atoms with van der Waals surface area (Å²) in [7, 11) is 0. The Bertz CT molecular complexity index is 586. The van der Waals surface area contributed by atoms with Gasteiger partial charge in [-0.3, -0.25) is 4.79 Å². The number of benzene rings is 1. The average Bonchev–Trinajstić information content (AvgIpc) is 2.58. The molecule has 22 heavy (non-hydrogen) atoms. The van der Waals surface area contributed by atoms with Gasteiger partial charge in [0.2, 0.25) is 5.95 Å². The minimum absolute atomic E-state index is 0.192. The van der Waals surface area contributed by atoms with E-state index in [4.69, 9.17) is 0 Å². The smallest absolute Gasteiger partial charge is 0.270 e. The largest absolute Gasteiger partial charge is 0.354 e. The second kappa shape index (κ2) is 8.77. The van der Waals surface area contributed by atoms with Gasteiger partial charge in [-0.05, 0) is 18.1 Å². The number of carbonyl (C=O) groups excluding carboxylic acids is 1. The molecule has 1 aromatic carbocycles. The molecule has 5 nitrogen and oxygen atoms in total. The zero-order valence-corrected chi connectivity index (χ0v) is 12.9. The molecular formula is C17H22N4O. The molecule has 1 heterocycles. The number of carbonyl (C=O) groups is 1. The molecular weight excluding hydrogens is 276 g/mol. The van der Waals surface area contributed by atoms with E-state index in [0.29, 0.717) is 18.2 Å². The van der Waals surface area contributed by atoms with E-state index in [1.54, 1.807) is 12.3 Å². The van der Waals surface area contributed by atoms with Crippen molar-refractivity contribution in [2.45, 2.75) is 32.7 Å². The number of amides is 1. The molecule has 116 valence electrons. The van der Waals surface area contributed by atoms with Crippen LogP contribution in [0.5, 0.6) is 0 Å². The monoisotopic (exact) mass is 298 g/mol. The summed E-state index contributed by atoms with van der Waals surface area (Å²) in [6.45, 7) is 3.47. The van der Waals surface area contributed by atoms with Gasteiger partial charge in [0, 0.05) is 19.3 Å². The van der Waals surface area contributed by atoms with Crippen molar-refractivity contribution in [2.24, 2.45) is 0 Å². The van der Waals surface area contributed by atoms with Crippen LogP contribution in [0, 0.1) is 0 Å². The fourth-order valence-corrected chi connectivity index (χ4v) is 2.01. The number of hydrogen-bond donors (Lipinski definition) is 2. The van der Waals surface area contributed by atoms with Crippen LogP contribution >= 0.6 is 0 Å². The van der Waals surface area contributed by atoms with Gasteiger partial charge in [0.1, 0.15) is 5.69 Å². The Labute approximate surface area is 131 Å². The summed E-state index contributed by atoms with van der Waals surface area (Å²) in [6.07, 6.45) is 5.02. The number of nitrogens with one attached hydrogen (secondary N) is 2. The van der Waals surface area contributed by atoms with E-state index in [1.807, 2.05) is 30.3 Å². The fraction of sp³-hybridized carbons (Fsp3) is 0.353.